The van der Waals surface area contributed by atoms with Crippen LogP contribution in [-0.2, 0) is 4.79 Å². The highest BCUT2D eigenvalue weighted by atomic mass is 16.6. The van der Waals surface area contributed by atoms with Crippen molar-refractivity contribution in [2.45, 2.75) is 6.92 Å². The molecule has 29 heavy (non-hydrogen) atoms. The number of rotatable bonds is 8. The van der Waals surface area contributed by atoms with Gasteiger partial charge in [-0.05, 0) is 36.8 Å². The molecular weight excluding hydrogens is 376 g/mol. The predicted octanol–water partition coefficient (Wildman–Crippen LogP) is 3.44. The van der Waals surface area contributed by atoms with Crippen LogP contribution < -0.4 is 14.8 Å². The van der Waals surface area contributed by atoms with Gasteiger partial charge in [0.05, 0.1) is 11.5 Å². The summed E-state index contributed by atoms with van der Waals surface area (Å²) in [5.74, 6) is 0.0220. The van der Waals surface area contributed by atoms with E-state index in [0.717, 1.165) is 0 Å². The number of hydrogen-bond donors (Lipinski definition) is 1. The number of amides is 1. The Balaban J connectivity index is 2.26. The van der Waals surface area contributed by atoms with Gasteiger partial charge in [0, 0.05) is 17.8 Å². The molecule has 0 aliphatic rings. The van der Waals surface area contributed by atoms with Crippen LogP contribution in [0.3, 0.4) is 0 Å². The van der Waals surface area contributed by atoms with Gasteiger partial charge in [-0.1, -0.05) is 12.1 Å². The number of nitro groups is 1. The largest absolute Gasteiger partial charge is 0.490 e. The number of anilines is 1. The zero-order valence-electron chi connectivity index (χ0n) is 15.4. The highest BCUT2D eigenvalue weighted by molar-refractivity contribution is 6.09. The lowest BCUT2D eigenvalue weighted by molar-refractivity contribution is -0.384. The molecular formula is C20H16N4O5. The molecule has 0 atom stereocenters. The standard InChI is InChI=1S/C20H16N4O5/c1-2-28-19-11-14(6-7-18(19)29-9-8-21)10-15(13-22)20(25)23-16-4-3-5-17(12-16)24(26)27/h3-7,10-12H,2,9H2,1H3,(H,23,25)/b15-10+. The molecule has 0 fully saturated rings. The van der Waals surface area contributed by atoms with Crippen molar-refractivity contribution >= 4 is 23.4 Å². The van der Waals surface area contributed by atoms with Crippen LogP contribution >= 0.6 is 0 Å². The number of non-ortho nitro benzene ring substituents is 1. The SMILES string of the molecule is CCOc1cc(/C=C(\C#N)C(=O)Nc2cccc([N+](=O)[O-])c2)ccc1OCC#N. The summed E-state index contributed by atoms with van der Waals surface area (Å²) in [4.78, 5) is 22.6. The number of nitrogens with one attached hydrogen (secondary N) is 1. The lowest BCUT2D eigenvalue weighted by atomic mass is 10.1. The van der Waals surface area contributed by atoms with Gasteiger partial charge < -0.3 is 14.8 Å². The lowest BCUT2D eigenvalue weighted by Crippen LogP contribution is -2.13. The Morgan fingerprint density at radius 2 is 2.00 bits per heavy atom. The summed E-state index contributed by atoms with van der Waals surface area (Å²) in [6, 6.07) is 13.8. The third-order valence-electron chi connectivity index (χ3n) is 3.55. The number of hydrogen-bond acceptors (Lipinski definition) is 7. The topological polar surface area (TPSA) is 138 Å². The lowest BCUT2D eigenvalue weighted by Gasteiger charge is -2.11. The highest BCUT2D eigenvalue weighted by Crippen LogP contribution is 2.29. The third-order valence-corrected chi connectivity index (χ3v) is 3.55. The number of carbonyl (C=O) groups excluding carboxylic acids is 1. The van der Waals surface area contributed by atoms with E-state index in [1.807, 2.05) is 12.1 Å². The van der Waals surface area contributed by atoms with Crippen molar-refractivity contribution < 1.29 is 19.2 Å². The van der Waals surface area contributed by atoms with E-state index in [9.17, 15) is 20.2 Å². The Morgan fingerprint density at radius 3 is 2.66 bits per heavy atom. The molecule has 0 saturated heterocycles. The fraction of sp³-hybridized carbons (Fsp3) is 0.150. The van der Waals surface area contributed by atoms with Crippen molar-refractivity contribution in [2.24, 2.45) is 0 Å². The molecule has 146 valence electrons. The first-order valence-electron chi connectivity index (χ1n) is 8.42. The Bertz CT molecular complexity index is 1030. The minimum atomic E-state index is -0.712. The molecule has 0 aliphatic heterocycles. The quantitative estimate of drug-likeness (QED) is 0.314. The number of nitro benzene ring substituents is 1. The van der Waals surface area contributed by atoms with E-state index in [1.165, 1.54) is 30.3 Å². The van der Waals surface area contributed by atoms with Crippen LogP contribution in [0.1, 0.15) is 12.5 Å². The average molecular weight is 392 g/mol. The minimum Gasteiger partial charge on any atom is -0.490 e. The van der Waals surface area contributed by atoms with Crippen molar-refractivity contribution in [3.63, 3.8) is 0 Å². The first-order chi connectivity index (χ1) is 14.0. The summed E-state index contributed by atoms with van der Waals surface area (Å²) >= 11 is 0. The minimum absolute atomic E-state index is 0.148. The van der Waals surface area contributed by atoms with Gasteiger partial charge >= 0.3 is 0 Å². The van der Waals surface area contributed by atoms with Gasteiger partial charge in [-0.15, -0.1) is 0 Å². The maximum Gasteiger partial charge on any atom is 0.271 e. The molecule has 2 aromatic rings. The zero-order chi connectivity index (χ0) is 21.2. The van der Waals surface area contributed by atoms with Crippen LogP contribution in [0.15, 0.2) is 48.0 Å². The van der Waals surface area contributed by atoms with Crippen LogP contribution in [0.2, 0.25) is 0 Å². The molecule has 0 saturated carbocycles. The molecule has 2 aromatic carbocycles. The Kier molecular flexibility index (Phi) is 7.28. The van der Waals surface area contributed by atoms with E-state index in [4.69, 9.17) is 14.7 Å². The second-order valence-corrected chi connectivity index (χ2v) is 5.52. The molecule has 1 amide bonds. The zero-order valence-corrected chi connectivity index (χ0v) is 15.4. The second kappa shape index (κ2) is 10.1. The Hall–Kier alpha value is -4.37. The number of carbonyl (C=O) groups is 1. The van der Waals surface area contributed by atoms with Crippen LogP contribution in [0, 0.1) is 32.8 Å². The van der Waals surface area contributed by atoms with E-state index < -0.39 is 10.8 Å². The summed E-state index contributed by atoms with van der Waals surface area (Å²) in [5, 5.41) is 31.3. The summed E-state index contributed by atoms with van der Waals surface area (Å²) in [5.41, 5.74) is 0.313. The molecule has 9 nitrogen and oxygen atoms in total. The van der Waals surface area contributed by atoms with Crippen molar-refractivity contribution in [3.05, 3.63) is 63.7 Å². The smallest absolute Gasteiger partial charge is 0.271 e. The van der Waals surface area contributed by atoms with Crippen LogP contribution in [0.5, 0.6) is 11.5 Å². The van der Waals surface area contributed by atoms with Crippen molar-refractivity contribution in [1.82, 2.24) is 0 Å². The maximum atomic E-state index is 12.4. The van der Waals surface area contributed by atoms with Gasteiger partial charge in [-0.25, -0.2) is 0 Å². The molecule has 0 spiro atoms. The molecule has 0 radical (unpaired) electrons. The Labute approximate surface area is 166 Å². The molecule has 0 unspecified atom stereocenters. The Morgan fingerprint density at radius 1 is 1.21 bits per heavy atom. The third kappa shape index (κ3) is 5.81. The van der Waals surface area contributed by atoms with Gasteiger partial charge in [0.2, 0.25) is 0 Å². The van der Waals surface area contributed by atoms with Gasteiger partial charge in [-0.2, -0.15) is 10.5 Å². The van der Waals surface area contributed by atoms with Crippen LogP contribution in [0.25, 0.3) is 6.08 Å². The number of benzene rings is 2. The fourth-order valence-electron chi connectivity index (χ4n) is 2.32. The van der Waals surface area contributed by atoms with Crippen molar-refractivity contribution in [1.29, 1.82) is 10.5 Å². The fourth-order valence-corrected chi connectivity index (χ4v) is 2.32. The average Bonchev–Trinajstić information content (AvgIpc) is 2.71. The van der Waals surface area contributed by atoms with Crippen LogP contribution in [0.4, 0.5) is 11.4 Å². The maximum absolute atomic E-state index is 12.4. The molecule has 0 aliphatic carbocycles. The van der Waals surface area contributed by atoms with Crippen molar-refractivity contribution in [3.8, 4) is 23.6 Å². The summed E-state index contributed by atoms with van der Waals surface area (Å²) < 4.78 is 10.7. The predicted molar refractivity (Wildman–Crippen MR) is 104 cm³/mol. The van der Waals surface area contributed by atoms with Gasteiger partial charge in [0.15, 0.2) is 18.1 Å². The first-order valence-corrected chi connectivity index (χ1v) is 8.42. The summed E-state index contributed by atoms with van der Waals surface area (Å²) in [6.07, 6.45) is 1.35. The van der Waals surface area contributed by atoms with E-state index in [-0.39, 0.29) is 23.6 Å². The van der Waals surface area contributed by atoms with Crippen LogP contribution in [-0.4, -0.2) is 24.0 Å². The molecule has 0 heterocycles. The number of nitrogens with zero attached hydrogens (tertiary/aromatic N) is 3. The van der Waals surface area contributed by atoms with E-state index in [2.05, 4.69) is 5.32 Å². The monoisotopic (exact) mass is 392 g/mol. The molecule has 9 heteroatoms. The molecule has 1 N–H and O–H groups in total. The molecule has 0 aromatic heterocycles. The number of nitriles is 2. The normalized spacial score (nSPS) is 10.4. The molecule has 2 rings (SSSR count). The van der Waals surface area contributed by atoms with Crippen molar-refractivity contribution in [2.75, 3.05) is 18.5 Å². The van der Waals surface area contributed by atoms with Gasteiger partial charge in [0.1, 0.15) is 17.7 Å². The summed E-state index contributed by atoms with van der Waals surface area (Å²) in [6.45, 7) is 1.99. The first kappa shape index (κ1) is 20.9. The molecule has 0 bridgehead atoms. The van der Waals surface area contributed by atoms with E-state index >= 15 is 0 Å². The van der Waals surface area contributed by atoms with Gasteiger partial charge in [-0.3, -0.25) is 14.9 Å². The highest BCUT2D eigenvalue weighted by Gasteiger charge is 2.13. The summed E-state index contributed by atoms with van der Waals surface area (Å²) in [7, 11) is 0. The van der Waals surface area contributed by atoms with E-state index in [1.54, 1.807) is 25.1 Å². The second-order valence-electron chi connectivity index (χ2n) is 5.52. The van der Waals surface area contributed by atoms with Gasteiger partial charge in [0.25, 0.3) is 11.6 Å². The van der Waals surface area contributed by atoms with E-state index in [0.29, 0.717) is 23.7 Å². The number of ether oxygens (including phenoxy) is 2.